The molecule has 1 aromatic carbocycles. The molecule has 0 aliphatic carbocycles. The standard InChI is InChI=1S/C11H11FO3/c1-14-11(13)8-6-10(12)15-9-5-3-2-4-7(8)9/h2-5,8,10H,6H2,1H3. The van der Waals surface area contributed by atoms with E-state index in [4.69, 9.17) is 4.74 Å². The van der Waals surface area contributed by atoms with Crippen LogP contribution >= 0.6 is 0 Å². The molecular weight excluding hydrogens is 199 g/mol. The zero-order chi connectivity index (χ0) is 10.8. The summed E-state index contributed by atoms with van der Waals surface area (Å²) in [5, 5.41) is 0. The maximum atomic E-state index is 13.2. The highest BCUT2D eigenvalue weighted by molar-refractivity contribution is 5.79. The number of rotatable bonds is 1. The number of fused-ring (bicyclic) bond motifs is 1. The third-order valence-corrected chi connectivity index (χ3v) is 2.46. The molecule has 0 saturated heterocycles. The van der Waals surface area contributed by atoms with E-state index in [1.54, 1.807) is 24.3 Å². The van der Waals surface area contributed by atoms with Gasteiger partial charge in [0.25, 0.3) is 0 Å². The number of ether oxygens (including phenoxy) is 2. The van der Waals surface area contributed by atoms with Crippen LogP contribution in [0.5, 0.6) is 5.75 Å². The molecule has 0 radical (unpaired) electrons. The minimum atomic E-state index is -1.44. The van der Waals surface area contributed by atoms with Crippen molar-refractivity contribution in [3.8, 4) is 5.75 Å². The molecule has 2 rings (SSSR count). The largest absolute Gasteiger partial charge is 0.469 e. The molecule has 0 bridgehead atoms. The number of esters is 1. The minimum absolute atomic E-state index is 0.0175. The zero-order valence-electron chi connectivity index (χ0n) is 8.27. The summed E-state index contributed by atoms with van der Waals surface area (Å²) < 4.78 is 22.8. The monoisotopic (exact) mass is 210 g/mol. The summed E-state index contributed by atoms with van der Waals surface area (Å²) >= 11 is 0. The number of carbonyl (C=O) groups is 1. The molecule has 1 aromatic rings. The van der Waals surface area contributed by atoms with Crippen LogP contribution in [0.3, 0.4) is 0 Å². The van der Waals surface area contributed by atoms with Gasteiger partial charge < -0.3 is 9.47 Å². The minimum Gasteiger partial charge on any atom is -0.469 e. The summed E-state index contributed by atoms with van der Waals surface area (Å²) in [5.74, 6) is -0.560. The molecule has 0 amide bonds. The lowest BCUT2D eigenvalue weighted by molar-refractivity contribution is -0.144. The predicted molar refractivity (Wildman–Crippen MR) is 51.3 cm³/mol. The fourth-order valence-corrected chi connectivity index (χ4v) is 1.74. The summed E-state index contributed by atoms with van der Waals surface area (Å²) in [6, 6.07) is 6.93. The van der Waals surface area contributed by atoms with Gasteiger partial charge in [-0.25, -0.2) is 4.39 Å². The molecule has 0 spiro atoms. The second kappa shape index (κ2) is 3.88. The molecule has 2 unspecified atom stereocenters. The van der Waals surface area contributed by atoms with Crippen molar-refractivity contribution in [1.29, 1.82) is 0 Å². The summed E-state index contributed by atoms with van der Waals surface area (Å²) in [7, 11) is 1.30. The summed E-state index contributed by atoms with van der Waals surface area (Å²) in [5.41, 5.74) is 0.693. The Bertz CT molecular complexity index is 378. The highest BCUT2D eigenvalue weighted by Gasteiger charge is 2.33. The Morgan fingerprint density at radius 1 is 1.53 bits per heavy atom. The van der Waals surface area contributed by atoms with Gasteiger partial charge in [0.15, 0.2) is 0 Å². The topological polar surface area (TPSA) is 35.5 Å². The van der Waals surface area contributed by atoms with Gasteiger partial charge in [0.1, 0.15) is 5.75 Å². The smallest absolute Gasteiger partial charge is 0.313 e. The first-order valence-electron chi connectivity index (χ1n) is 4.70. The van der Waals surface area contributed by atoms with Crippen LogP contribution in [0.1, 0.15) is 17.9 Å². The molecule has 0 saturated carbocycles. The molecule has 1 aliphatic rings. The van der Waals surface area contributed by atoms with E-state index in [2.05, 4.69) is 4.74 Å². The van der Waals surface area contributed by atoms with E-state index in [9.17, 15) is 9.18 Å². The van der Waals surface area contributed by atoms with E-state index in [-0.39, 0.29) is 6.42 Å². The number of hydrogen-bond acceptors (Lipinski definition) is 3. The number of carbonyl (C=O) groups excluding carboxylic acids is 1. The van der Waals surface area contributed by atoms with Crippen LogP contribution in [0.25, 0.3) is 0 Å². The van der Waals surface area contributed by atoms with Gasteiger partial charge >= 0.3 is 5.97 Å². The molecule has 15 heavy (non-hydrogen) atoms. The average molecular weight is 210 g/mol. The fraction of sp³-hybridized carbons (Fsp3) is 0.364. The fourth-order valence-electron chi connectivity index (χ4n) is 1.74. The highest BCUT2D eigenvalue weighted by atomic mass is 19.1. The number of methoxy groups -OCH3 is 1. The van der Waals surface area contributed by atoms with Gasteiger partial charge in [-0.05, 0) is 6.07 Å². The number of hydrogen-bond donors (Lipinski definition) is 0. The SMILES string of the molecule is COC(=O)C1CC(F)Oc2ccccc21. The summed E-state index contributed by atoms with van der Waals surface area (Å²) in [6.45, 7) is 0. The molecule has 1 heterocycles. The van der Waals surface area contributed by atoms with Crippen LogP contribution in [0.2, 0.25) is 0 Å². The van der Waals surface area contributed by atoms with Crippen LogP contribution in [-0.4, -0.2) is 19.4 Å². The maximum absolute atomic E-state index is 13.2. The van der Waals surface area contributed by atoms with Crippen molar-refractivity contribution in [1.82, 2.24) is 0 Å². The molecule has 3 nitrogen and oxygen atoms in total. The lowest BCUT2D eigenvalue weighted by atomic mass is 9.93. The average Bonchev–Trinajstić information content (AvgIpc) is 2.26. The Morgan fingerprint density at radius 2 is 2.27 bits per heavy atom. The first-order valence-corrected chi connectivity index (χ1v) is 4.70. The number of benzene rings is 1. The van der Waals surface area contributed by atoms with Crippen molar-refractivity contribution in [2.24, 2.45) is 0 Å². The molecular formula is C11H11FO3. The second-order valence-corrected chi connectivity index (χ2v) is 3.38. The molecule has 2 atom stereocenters. The molecule has 0 aromatic heterocycles. The molecule has 0 N–H and O–H groups in total. The van der Waals surface area contributed by atoms with Crippen LogP contribution in [0.4, 0.5) is 4.39 Å². The van der Waals surface area contributed by atoms with E-state index in [1.165, 1.54) is 7.11 Å². The van der Waals surface area contributed by atoms with E-state index in [0.29, 0.717) is 11.3 Å². The molecule has 1 aliphatic heterocycles. The van der Waals surface area contributed by atoms with E-state index in [0.717, 1.165) is 0 Å². The van der Waals surface area contributed by atoms with Crippen LogP contribution < -0.4 is 4.74 Å². The number of halogens is 1. The summed E-state index contributed by atoms with van der Waals surface area (Å²) in [4.78, 5) is 11.4. The van der Waals surface area contributed by atoms with Gasteiger partial charge in [-0.1, -0.05) is 18.2 Å². The number of para-hydroxylation sites is 1. The Labute approximate surface area is 86.8 Å². The van der Waals surface area contributed by atoms with Gasteiger partial charge in [0.05, 0.1) is 13.0 Å². The van der Waals surface area contributed by atoms with Gasteiger partial charge in [0, 0.05) is 12.0 Å². The molecule has 80 valence electrons. The van der Waals surface area contributed by atoms with Gasteiger partial charge in [0.2, 0.25) is 6.36 Å². The Hall–Kier alpha value is -1.58. The lowest BCUT2D eigenvalue weighted by Gasteiger charge is -2.26. The number of alkyl halides is 1. The van der Waals surface area contributed by atoms with Crippen molar-refractivity contribution >= 4 is 5.97 Å². The Balaban J connectivity index is 2.38. The van der Waals surface area contributed by atoms with E-state index >= 15 is 0 Å². The van der Waals surface area contributed by atoms with Crippen molar-refractivity contribution in [2.75, 3.05) is 7.11 Å². The second-order valence-electron chi connectivity index (χ2n) is 3.38. The van der Waals surface area contributed by atoms with Crippen molar-refractivity contribution in [2.45, 2.75) is 18.7 Å². The first-order chi connectivity index (χ1) is 7.22. The van der Waals surface area contributed by atoms with Gasteiger partial charge in [-0.2, -0.15) is 0 Å². The quantitative estimate of drug-likeness (QED) is 0.665. The van der Waals surface area contributed by atoms with Crippen molar-refractivity contribution < 1.29 is 18.7 Å². The van der Waals surface area contributed by atoms with Crippen LogP contribution in [0, 0.1) is 0 Å². The summed E-state index contributed by atoms with van der Waals surface area (Å²) in [6.07, 6.45) is -1.42. The van der Waals surface area contributed by atoms with Gasteiger partial charge in [-0.3, -0.25) is 4.79 Å². The first kappa shape index (κ1) is 9.96. The normalized spacial score (nSPS) is 23.9. The third kappa shape index (κ3) is 1.79. The Morgan fingerprint density at radius 3 is 3.00 bits per heavy atom. The van der Waals surface area contributed by atoms with Gasteiger partial charge in [-0.15, -0.1) is 0 Å². The zero-order valence-corrected chi connectivity index (χ0v) is 8.27. The van der Waals surface area contributed by atoms with E-state index < -0.39 is 18.2 Å². The maximum Gasteiger partial charge on any atom is 0.313 e. The lowest BCUT2D eigenvalue weighted by Crippen LogP contribution is -2.27. The highest BCUT2D eigenvalue weighted by Crippen LogP contribution is 2.36. The Kier molecular flexibility index (Phi) is 2.58. The predicted octanol–water partition coefficient (Wildman–Crippen LogP) is 2.02. The van der Waals surface area contributed by atoms with Crippen LogP contribution in [-0.2, 0) is 9.53 Å². The molecule has 4 heteroatoms. The van der Waals surface area contributed by atoms with Crippen molar-refractivity contribution in [3.63, 3.8) is 0 Å². The van der Waals surface area contributed by atoms with E-state index in [1.807, 2.05) is 0 Å². The molecule has 0 fully saturated rings. The third-order valence-electron chi connectivity index (χ3n) is 2.46. The van der Waals surface area contributed by atoms with Crippen LogP contribution in [0.15, 0.2) is 24.3 Å². The van der Waals surface area contributed by atoms with Crippen molar-refractivity contribution in [3.05, 3.63) is 29.8 Å².